The SMILES string of the molecule is Cc1ccccc1N1C[C@H](C(=O)NCCc2c[nH]c3ccc(Cl)cc23)CC1=O. The van der Waals surface area contributed by atoms with Crippen molar-refractivity contribution >= 4 is 40.0 Å². The number of para-hydroxylation sites is 1. The lowest BCUT2D eigenvalue weighted by atomic mass is 10.1. The quantitative estimate of drug-likeness (QED) is 0.689. The number of aryl methyl sites for hydroxylation is 1. The highest BCUT2D eigenvalue weighted by molar-refractivity contribution is 6.31. The van der Waals surface area contributed by atoms with Gasteiger partial charge in [0.05, 0.1) is 5.92 Å². The Hall–Kier alpha value is -2.79. The monoisotopic (exact) mass is 395 g/mol. The maximum atomic E-state index is 12.6. The maximum Gasteiger partial charge on any atom is 0.227 e. The van der Waals surface area contributed by atoms with Crippen LogP contribution in [0.25, 0.3) is 10.9 Å². The average molecular weight is 396 g/mol. The number of carbonyl (C=O) groups is 2. The van der Waals surface area contributed by atoms with Gasteiger partial charge >= 0.3 is 0 Å². The first-order valence-electron chi connectivity index (χ1n) is 9.42. The molecule has 2 aromatic carbocycles. The molecule has 0 aliphatic carbocycles. The predicted molar refractivity (Wildman–Crippen MR) is 112 cm³/mol. The molecule has 4 rings (SSSR count). The van der Waals surface area contributed by atoms with Gasteiger partial charge in [-0.3, -0.25) is 9.59 Å². The van der Waals surface area contributed by atoms with Gasteiger partial charge in [-0.25, -0.2) is 0 Å². The second-order valence-corrected chi connectivity index (χ2v) is 7.67. The molecule has 1 saturated heterocycles. The van der Waals surface area contributed by atoms with Crippen LogP contribution in [0.3, 0.4) is 0 Å². The maximum absolute atomic E-state index is 12.6. The van der Waals surface area contributed by atoms with Gasteiger partial charge in [0.1, 0.15) is 0 Å². The molecule has 1 fully saturated rings. The van der Waals surface area contributed by atoms with Crippen LogP contribution < -0.4 is 10.2 Å². The van der Waals surface area contributed by atoms with Crippen LogP contribution in [0.2, 0.25) is 5.02 Å². The molecular formula is C22H22ClN3O2. The Kier molecular flexibility index (Phi) is 5.09. The summed E-state index contributed by atoms with van der Waals surface area (Å²) in [7, 11) is 0. The number of rotatable bonds is 5. The van der Waals surface area contributed by atoms with Crippen molar-refractivity contribution in [2.45, 2.75) is 19.8 Å². The number of aromatic nitrogens is 1. The van der Waals surface area contributed by atoms with Crippen molar-refractivity contribution in [2.24, 2.45) is 5.92 Å². The molecule has 0 unspecified atom stereocenters. The van der Waals surface area contributed by atoms with Crippen LogP contribution in [0, 0.1) is 12.8 Å². The largest absolute Gasteiger partial charge is 0.361 e. The zero-order valence-electron chi connectivity index (χ0n) is 15.7. The number of carbonyl (C=O) groups excluding carboxylic acids is 2. The van der Waals surface area contributed by atoms with Crippen LogP contribution in [0.15, 0.2) is 48.7 Å². The van der Waals surface area contributed by atoms with Crippen LogP contribution in [0.4, 0.5) is 5.69 Å². The fraction of sp³-hybridized carbons (Fsp3) is 0.273. The summed E-state index contributed by atoms with van der Waals surface area (Å²) in [4.78, 5) is 29.9. The van der Waals surface area contributed by atoms with E-state index in [9.17, 15) is 9.59 Å². The number of amides is 2. The topological polar surface area (TPSA) is 65.2 Å². The number of hydrogen-bond donors (Lipinski definition) is 2. The fourth-order valence-corrected chi connectivity index (χ4v) is 3.98. The van der Waals surface area contributed by atoms with E-state index in [-0.39, 0.29) is 24.2 Å². The molecule has 1 aliphatic heterocycles. The Bertz CT molecular complexity index is 1040. The molecule has 0 bridgehead atoms. The van der Waals surface area contributed by atoms with Crippen molar-refractivity contribution in [2.75, 3.05) is 18.0 Å². The van der Waals surface area contributed by atoms with Crippen molar-refractivity contribution in [3.63, 3.8) is 0 Å². The Morgan fingerprint density at radius 3 is 2.93 bits per heavy atom. The highest BCUT2D eigenvalue weighted by Crippen LogP contribution is 2.28. The molecule has 1 aromatic heterocycles. The van der Waals surface area contributed by atoms with Crippen molar-refractivity contribution in [1.29, 1.82) is 0 Å². The van der Waals surface area contributed by atoms with E-state index >= 15 is 0 Å². The standard InChI is InChI=1S/C22H22ClN3O2/c1-14-4-2-3-5-20(14)26-13-16(10-21(26)27)22(28)24-9-8-15-12-25-19-7-6-17(23)11-18(15)19/h2-7,11-12,16,25H,8-10,13H2,1H3,(H,24,28)/t16-/m1/s1. The van der Waals surface area contributed by atoms with Gasteiger partial charge < -0.3 is 15.2 Å². The number of hydrogen-bond acceptors (Lipinski definition) is 2. The Labute approximate surface area is 168 Å². The molecule has 3 aromatic rings. The van der Waals surface area contributed by atoms with E-state index in [2.05, 4.69) is 10.3 Å². The number of halogens is 1. The molecule has 5 nitrogen and oxygen atoms in total. The highest BCUT2D eigenvalue weighted by Gasteiger charge is 2.35. The third kappa shape index (κ3) is 3.62. The van der Waals surface area contributed by atoms with Crippen LogP contribution in [-0.2, 0) is 16.0 Å². The van der Waals surface area contributed by atoms with Crippen molar-refractivity contribution < 1.29 is 9.59 Å². The number of benzene rings is 2. The summed E-state index contributed by atoms with van der Waals surface area (Å²) in [6, 6.07) is 13.5. The zero-order valence-corrected chi connectivity index (χ0v) is 16.4. The van der Waals surface area contributed by atoms with Crippen molar-refractivity contribution in [3.8, 4) is 0 Å². The lowest BCUT2D eigenvalue weighted by Gasteiger charge is -2.19. The van der Waals surface area contributed by atoms with Gasteiger partial charge in [0.2, 0.25) is 11.8 Å². The van der Waals surface area contributed by atoms with E-state index in [0.717, 1.165) is 27.7 Å². The minimum absolute atomic E-state index is 0.000667. The predicted octanol–water partition coefficient (Wildman–Crippen LogP) is 3.84. The molecule has 2 N–H and O–H groups in total. The molecule has 0 saturated carbocycles. The number of fused-ring (bicyclic) bond motifs is 1. The lowest BCUT2D eigenvalue weighted by Crippen LogP contribution is -2.34. The molecule has 0 radical (unpaired) electrons. The van der Waals surface area contributed by atoms with Gasteiger partial charge in [-0.1, -0.05) is 29.8 Å². The van der Waals surface area contributed by atoms with E-state index in [4.69, 9.17) is 11.6 Å². The molecular weight excluding hydrogens is 374 g/mol. The van der Waals surface area contributed by atoms with Crippen LogP contribution >= 0.6 is 11.6 Å². The van der Waals surface area contributed by atoms with Gasteiger partial charge in [0.25, 0.3) is 0 Å². The number of aromatic amines is 1. The van der Waals surface area contributed by atoms with E-state index in [1.807, 2.05) is 55.6 Å². The van der Waals surface area contributed by atoms with Gasteiger partial charge in [0, 0.05) is 47.3 Å². The first-order chi connectivity index (χ1) is 13.5. The molecule has 2 heterocycles. The normalized spacial score (nSPS) is 16.7. The average Bonchev–Trinajstić information content (AvgIpc) is 3.26. The van der Waals surface area contributed by atoms with E-state index in [1.165, 1.54) is 0 Å². The van der Waals surface area contributed by atoms with Gasteiger partial charge in [-0.15, -0.1) is 0 Å². The number of nitrogens with one attached hydrogen (secondary N) is 2. The van der Waals surface area contributed by atoms with E-state index < -0.39 is 0 Å². The lowest BCUT2D eigenvalue weighted by molar-refractivity contribution is -0.126. The summed E-state index contributed by atoms with van der Waals surface area (Å²) in [5, 5.41) is 4.75. The van der Waals surface area contributed by atoms with E-state index in [0.29, 0.717) is 24.5 Å². The molecule has 28 heavy (non-hydrogen) atoms. The molecule has 0 spiro atoms. The number of H-pyrrole nitrogens is 1. The third-order valence-corrected chi connectivity index (χ3v) is 5.56. The van der Waals surface area contributed by atoms with Crippen LogP contribution in [0.1, 0.15) is 17.5 Å². The second kappa shape index (κ2) is 7.68. The first-order valence-corrected chi connectivity index (χ1v) is 9.80. The third-order valence-electron chi connectivity index (χ3n) is 5.33. The first kappa shape index (κ1) is 18.6. The summed E-state index contributed by atoms with van der Waals surface area (Å²) >= 11 is 6.09. The summed E-state index contributed by atoms with van der Waals surface area (Å²) < 4.78 is 0. The van der Waals surface area contributed by atoms with Crippen molar-refractivity contribution in [3.05, 3.63) is 64.8 Å². The van der Waals surface area contributed by atoms with Crippen LogP contribution in [-0.4, -0.2) is 29.9 Å². The smallest absolute Gasteiger partial charge is 0.227 e. The summed E-state index contributed by atoms with van der Waals surface area (Å²) in [5.41, 5.74) is 4.07. The highest BCUT2D eigenvalue weighted by atomic mass is 35.5. The minimum atomic E-state index is -0.315. The van der Waals surface area contributed by atoms with Crippen molar-refractivity contribution in [1.82, 2.24) is 10.3 Å². The zero-order chi connectivity index (χ0) is 19.7. The Balaban J connectivity index is 1.36. The molecule has 1 atom stereocenters. The molecule has 2 amide bonds. The summed E-state index contributed by atoms with van der Waals surface area (Å²) in [5.74, 6) is -0.382. The summed E-state index contributed by atoms with van der Waals surface area (Å²) in [6.45, 7) is 2.93. The molecule has 144 valence electrons. The van der Waals surface area contributed by atoms with E-state index in [1.54, 1.807) is 4.90 Å². The van der Waals surface area contributed by atoms with Gasteiger partial charge in [-0.05, 0) is 48.7 Å². The Morgan fingerprint density at radius 2 is 2.11 bits per heavy atom. The molecule has 1 aliphatic rings. The van der Waals surface area contributed by atoms with Gasteiger partial charge in [-0.2, -0.15) is 0 Å². The second-order valence-electron chi connectivity index (χ2n) is 7.24. The van der Waals surface area contributed by atoms with Crippen LogP contribution in [0.5, 0.6) is 0 Å². The fourth-order valence-electron chi connectivity index (χ4n) is 3.80. The molecule has 6 heteroatoms. The minimum Gasteiger partial charge on any atom is -0.361 e. The number of anilines is 1. The Morgan fingerprint density at radius 1 is 1.29 bits per heavy atom. The summed E-state index contributed by atoms with van der Waals surface area (Å²) in [6.07, 6.45) is 2.91. The number of nitrogens with zero attached hydrogens (tertiary/aromatic N) is 1. The van der Waals surface area contributed by atoms with Gasteiger partial charge in [0.15, 0.2) is 0 Å².